The van der Waals surface area contributed by atoms with Crippen molar-refractivity contribution < 1.29 is 18.0 Å². The quantitative estimate of drug-likeness (QED) is 0.392. The molecule has 1 atom stereocenters. The van der Waals surface area contributed by atoms with Gasteiger partial charge in [-0.25, -0.2) is 5.32 Å². The Labute approximate surface area is 74.8 Å². The molecule has 0 radical (unpaired) electrons. The monoisotopic (exact) mass is 205 g/mol. The normalized spacial score (nSPS) is 22.3. The molecule has 1 aliphatic rings. The zero-order valence-corrected chi connectivity index (χ0v) is 7.22. The van der Waals surface area contributed by atoms with Crippen LogP contribution in [0.4, 0.5) is 0 Å². The molecule has 1 rings (SSSR count). The number of amides is 2. The average molecular weight is 205 g/mol. The maximum Gasteiger partial charge on any atom is 0.250 e. The van der Waals surface area contributed by atoms with Gasteiger partial charge in [0.2, 0.25) is 27.2 Å². The molecule has 7 nitrogen and oxygen atoms in total. The molecule has 2 amide bonds. The Bertz CT molecular complexity index is 377. The fourth-order valence-corrected chi connectivity index (χ4v) is 1.31. The minimum absolute atomic E-state index is 0.157. The van der Waals surface area contributed by atoms with Crippen LogP contribution in [0.2, 0.25) is 0 Å². The molecule has 1 heterocycles. The highest BCUT2D eigenvalue weighted by molar-refractivity contribution is 7.72. The van der Waals surface area contributed by atoms with Crippen molar-refractivity contribution in [3.05, 3.63) is 0 Å². The molecule has 1 saturated heterocycles. The summed E-state index contributed by atoms with van der Waals surface area (Å²) in [6.45, 7) is 0. The fraction of sp³-hybridized carbons (Fsp3) is 0.400. The van der Waals surface area contributed by atoms with Crippen LogP contribution in [0.5, 0.6) is 0 Å². The van der Waals surface area contributed by atoms with Gasteiger partial charge in [-0.15, -0.1) is 0 Å². The van der Waals surface area contributed by atoms with E-state index in [0.717, 1.165) is 0 Å². The molecule has 0 aromatic carbocycles. The lowest BCUT2D eigenvalue weighted by Crippen LogP contribution is -2.57. The van der Waals surface area contributed by atoms with Crippen LogP contribution in [0.25, 0.3) is 0 Å². The Balaban J connectivity index is 2.94. The zero-order valence-electron chi connectivity index (χ0n) is 6.40. The Kier molecular flexibility index (Phi) is 2.63. The summed E-state index contributed by atoms with van der Waals surface area (Å²) in [5, 5.41) is 3.91. The third kappa shape index (κ3) is 2.26. The van der Waals surface area contributed by atoms with Crippen LogP contribution >= 0.6 is 0 Å². The van der Waals surface area contributed by atoms with Crippen molar-refractivity contribution in [3.63, 3.8) is 0 Å². The van der Waals surface area contributed by atoms with Crippen molar-refractivity contribution in [2.45, 2.75) is 12.5 Å². The van der Waals surface area contributed by atoms with Gasteiger partial charge in [0.15, 0.2) is 0 Å². The maximum absolute atomic E-state index is 10.8. The van der Waals surface area contributed by atoms with E-state index in [0.29, 0.717) is 0 Å². The summed E-state index contributed by atoms with van der Waals surface area (Å²) in [5.74, 6) is -1.32. The van der Waals surface area contributed by atoms with Crippen molar-refractivity contribution in [2.24, 2.45) is 5.73 Å². The molecule has 0 aromatic rings. The van der Waals surface area contributed by atoms with E-state index < -0.39 is 33.3 Å². The van der Waals surface area contributed by atoms with Gasteiger partial charge in [-0.3, -0.25) is 9.59 Å². The molecular weight excluding hydrogens is 198 g/mol. The molecule has 0 aromatic heterocycles. The van der Waals surface area contributed by atoms with Gasteiger partial charge in [0.25, 0.3) is 0 Å². The lowest BCUT2D eigenvalue weighted by atomic mass is 10.1. The Morgan fingerprint density at radius 1 is 1.54 bits per heavy atom. The second-order valence-corrected chi connectivity index (χ2v) is 3.29. The van der Waals surface area contributed by atoms with E-state index in [2.05, 4.69) is 5.32 Å². The topological polar surface area (TPSA) is 118 Å². The molecule has 8 heteroatoms. The van der Waals surface area contributed by atoms with E-state index >= 15 is 0 Å². The molecule has 1 aliphatic heterocycles. The predicted octanol–water partition coefficient (Wildman–Crippen LogP) is -3.08. The molecule has 4 N–H and O–H groups in total. The Morgan fingerprint density at radius 3 is 2.62 bits per heavy atom. The Hall–Kier alpha value is -1.41. The Morgan fingerprint density at radius 2 is 2.15 bits per heavy atom. The maximum atomic E-state index is 10.8. The van der Waals surface area contributed by atoms with Crippen LogP contribution in [0, 0.1) is 0 Å². The summed E-state index contributed by atoms with van der Waals surface area (Å²) in [6.07, 6.45) is -0.157. The number of nitrogens with one attached hydrogen (secondary N) is 2. The largest absolute Gasteiger partial charge is 0.368 e. The summed E-state index contributed by atoms with van der Waals surface area (Å²) >= 11 is 0. The van der Waals surface area contributed by atoms with Crippen molar-refractivity contribution >= 4 is 27.2 Å². The lowest BCUT2D eigenvalue weighted by molar-refractivity contribution is -0.126. The highest BCUT2D eigenvalue weighted by Crippen LogP contribution is 1.95. The third-order valence-electron chi connectivity index (χ3n) is 1.46. The second kappa shape index (κ2) is 3.54. The fourth-order valence-electron chi connectivity index (χ4n) is 0.870. The van der Waals surface area contributed by atoms with E-state index in [-0.39, 0.29) is 6.42 Å². The van der Waals surface area contributed by atoms with Gasteiger partial charge >= 0.3 is 0 Å². The number of carbonyl (C=O) groups is 2. The first kappa shape index (κ1) is 9.68. The number of hydrogen-bond donors (Lipinski definition) is 3. The van der Waals surface area contributed by atoms with Gasteiger partial charge in [-0.2, -0.15) is 8.42 Å². The van der Waals surface area contributed by atoms with E-state index in [9.17, 15) is 18.0 Å². The van der Waals surface area contributed by atoms with Crippen LogP contribution in [0.15, 0.2) is 0 Å². The summed E-state index contributed by atoms with van der Waals surface area (Å²) in [4.78, 5) is 21.5. The van der Waals surface area contributed by atoms with E-state index in [1.165, 1.54) is 0 Å². The lowest BCUT2D eigenvalue weighted by Gasteiger charge is -2.20. The van der Waals surface area contributed by atoms with Gasteiger partial charge in [0.05, 0.1) is 6.42 Å². The molecule has 1 fully saturated rings. The standard InChI is InChI=1S/C5H7N3O4S/c6-4(10)2-1-3(9)8-5(7-2)13(11)12/h2,7H,1H2,(H2,6,10)(H,8,9). The highest BCUT2D eigenvalue weighted by Gasteiger charge is 2.27. The van der Waals surface area contributed by atoms with Gasteiger partial charge < -0.3 is 11.1 Å². The van der Waals surface area contributed by atoms with E-state index in [1.807, 2.05) is 5.32 Å². The summed E-state index contributed by atoms with van der Waals surface area (Å²) in [5.41, 5.74) is 4.90. The van der Waals surface area contributed by atoms with Gasteiger partial charge in [-0.1, -0.05) is 0 Å². The van der Waals surface area contributed by atoms with E-state index in [4.69, 9.17) is 5.73 Å². The first-order valence-corrected chi connectivity index (χ1v) is 4.40. The average Bonchev–Trinajstić information content (AvgIpc) is 2.03. The second-order valence-electron chi connectivity index (χ2n) is 2.42. The number of hydrogen-bond acceptors (Lipinski definition) is 4. The van der Waals surface area contributed by atoms with Crippen LogP contribution < -0.4 is 16.4 Å². The first-order chi connectivity index (χ1) is 6.00. The number of carbonyl (C=O) groups excluding carboxylic acids is 2. The van der Waals surface area contributed by atoms with Gasteiger partial charge in [0, 0.05) is 0 Å². The predicted molar refractivity (Wildman–Crippen MR) is 42.8 cm³/mol. The van der Waals surface area contributed by atoms with Crippen molar-refractivity contribution in [3.8, 4) is 0 Å². The summed E-state index contributed by atoms with van der Waals surface area (Å²) in [6, 6.07) is -0.957. The third-order valence-corrected chi connectivity index (χ3v) is 2.01. The first-order valence-electron chi connectivity index (χ1n) is 3.32. The molecule has 72 valence electrons. The van der Waals surface area contributed by atoms with E-state index in [1.54, 1.807) is 0 Å². The molecule has 13 heavy (non-hydrogen) atoms. The van der Waals surface area contributed by atoms with Crippen LogP contribution in [-0.2, 0) is 19.9 Å². The van der Waals surface area contributed by atoms with Crippen LogP contribution in [0.3, 0.4) is 0 Å². The van der Waals surface area contributed by atoms with Gasteiger partial charge in [-0.05, 0) is 0 Å². The highest BCUT2D eigenvalue weighted by atomic mass is 32.2. The van der Waals surface area contributed by atoms with Crippen molar-refractivity contribution in [2.75, 3.05) is 0 Å². The van der Waals surface area contributed by atoms with Crippen LogP contribution in [0.1, 0.15) is 6.42 Å². The molecule has 0 saturated carbocycles. The number of rotatable bonds is 1. The molecular formula is C5H7N3O4S. The summed E-state index contributed by atoms with van der Waals surface area (Å²) in [7, 11) is -2.59. The van der Waals surface area contributed by atoms with Crippen LogP contribution in [-0.4, -0.2) is 31.4 Å². The molecule has 0 aliphatic carbocycles. The minimum atomic E-state index is -2.59. The van der Waals surface area contributed by atoms with Gasteiger partial charge in [0.1, 0.15) is 6.04 Å². The zero-order chi connectivity index (χ0) is 10.0. The van der Waals surface area contributed by atoms with Crippen molar-refractivity contribution in [1.29, 1.82) is 0 Å². The smallest absolute Gasteiger partial charge is 0.250 e. The molecule has 1 unspecified atom stereocenters. The van der Waals surface area contributed by atoms with Crippen molar-refractivity contribution in [1.82, 2.24) is 10.6 Å². The molecule has 0 bridgehead atoms. The summed E-state index contributed by atoms with van der Waals surface area (Å²) < 4.78 is 20.8. The SMILES string of the molecule is NC(=O)C1CC(=O)NC(=S(=O)=O)N1. The molecule has 0 spiro atoms. The minimum Gasteiger partial charge on any atom is -0.368 e. The number of nitrogens with two attached hydrogens (primary N) is 1. The number of primary amides is 1.